The Morgan fingerprint density at radius 3 is 2.71 bits per heavy atom. The molecule has 0 N–H and O–H groups in total. The Kier molecular flexibility index (Phi) is 3.43. The SMILES string of the molecule is C=C/C=C\c1c(C)cc2ccccc2c1CC. The maximum absolute atomic E-state index is 3.74. The van der Waals surface area contributed by atoms with Crippen molar-refractivity contribution in [1.29, 1.82) is 0 Å². The summed E-state index contributed by atoms with van der Waals surface area (Å²) >= 11 is 0. The number of fused-ring (bicyclic) bond motifs is 1. The normalized spacial score (nSPS) is 11.2. The summed E-state index contributed by atoms with van der Waals surface area (Å²) in [6.07, 6.45) is 7.05. The van der Waals surface area contributed by atoms with Crippen LogP contribution in [0, 0.1) is 6.92 Å². The topological polar surface area (TPSA) is 0 Å². The van der Waals surface area contributed by atoms with Gasteiger partial charge < -0.3 is 0 Å². The van der Waals surface area contributed by atoms with Gasteiger partial charge in [0.2, 0.25) is 0 Å². The van der Waals surface area contributed by atoms with E-state index in [1.807, 2.05) is 12.2 Å². The van der Waals surface area contributed by atoms with Gasteiger partial charge in [0.25, 0.3) is 0 Å². The van der Waals surface area contributed by atoms with Gasteiger partial charge in [-0.25, -0.2) is 0 Å². The third kappa shape index (κ3) is 2.16. The highest BCUT2D eigenvalue weighted by molar-refractivity contribution is 5.90. The summed E-state index contributed by atoms with van der Waals surface area (Å²) in [6.45, 7) is 8.13. The van der Waals surface area contributed by atoms with Crippen molar-refractivity contribution in [2.24, 2.45) is 0 Å². The smallest absolute Gasteiger partial charge is 0.0146 e. The third-order valence-corrected chi connectivity index (χ3v) is 3.16. The summed E-state index contributed by atoms with van der Waals surface area (Å²) in [6, 6.07) is 10.9. The first-order valence-electron chi connectivity index (χ1n) is 6.08. The van der Waals surface area contributed by atoms with Crippen LogP contribution in [0.4, 0.5) is 0 Å². The van der Waals surface area contributed by atoms with Crippen LogP contribution in [0.25, 0.3) is 16.8 Å². The molecule has 0 fully saturated rings. The zero-order chi connectivity index (χ0) is 12.3. The molecule has 0 aliphatic rings. The fraction of sp³-hybridized carbons (Fsp3) is 0.176. The highest BCUT2D eigenvalue weighted by Gasteiger charge is 2.06. The highest BCUT2D eigenvalue weighted by Crippen LogP contribution is 2.27. The molecule has 0 amide bonds. The van der Waals surface area contributed by atoms with Gasteiger partial charge in [0.1, 0.15) is 0 Å². The first-order valence-corrected chi connectivity index (χ1v) is 6.08. The van der Waals surface area contributed by atoms with Crippen LogP contribution in [0.1, 0.15) is 23.6 Å². The van der Waals surface area contributed by atoms with Gasteiger partial charge >= 0.3 is 0 Å². The predicted octanol–water partition coefficient (Wildman–Crippen LogP) is 4.91. The monoisotopic (exact) mass is 222 g/mol. The van der Waals surface area contributed by atoms with Gasteiger partial charge in [-0.2, -0.15) is 0 Å². The number of aryl methyl sites for hydroxylation is 2. The molecule has 0 unspecified atom stereocenters. The van der Waals surface area contributed by atoms with Crippen molar-refractivity contribution in [2.45, 2.75) is 20.3 Å². The molecule has 2 aromatic carbocycles. The molecule has 0 spiro atoms. The first-order chi connectivity index (χ1) is 8.27. The Bertz CT molecular complexity index is 574. The second-order valence-corrected chi connectivity index (χ2v) is 4.26. The Morgan fingerprint density at radius 1 is 1.24 bits per heavy atom. The van der Waals surface area contributed by atoms with Crippen molar-refractivity contribution >= 4 is 16.8 Å². The minimum atomic E-state index is 1.05. The van der Waals surface area contributed by atoms with Crippen molar-refractivity contribution < 1.29 is 0 Å². The fourth-order valence-corrected chi connectivity index (χ4v) is 2.37. The fourth-order valence-electron chi connectivity index (χ4n) is 2.37. The van der Waals surface area contributed by atoms with Crippen LogP contribution in [0.3, 0.4) is 0 Å². The van der Waals surface area contributed by atoms with E-state index < -0.39 is 0 Å². The molecule has 0 bridgehead atoms. The van der Waals surface area contributed by atoms with E-state index in [0.29, 0.717) is 0 Å². The lowest BCUT2D eigenvalue weighted by Gasteiger charge is -2.12. The minimum absolute atomic E-state index is 1.05. The van der Waals surface area contributed by atoms with Crippen molar-refractivity contribution in [2.75, 3.05) is 0 Å². The molecule has 17 heavy (non-hydrogen) atoms. The lowest BCUT2D eigenvalue weighted by atomic mass is 9.93. The molecule has 0 radical (unpaired) electrons. The molecule has 0 aromatic heterocycles. The van der Waals surface area contributed by atoms with Gasteiger partial charge in [-0.1, -0.05) is 62.1 Å². The Labute approximate surface area is 103 Å². The molecule has 0 nitrogen and oxygen atoms in total. The summed E-state index contributed by atoms with van der Waals surface area (Å²) in [5.74, 6) is 0. The maximum atomic E-state index is 3.74. The molecule has 0 atom stereocenters. The average molecular weight is 222 g/mol. The molecule has 2 rings (SSSR count). The standard InChI is InChI=1S/C17H18/c1-4-6-10-16-13(3)12-14-9-7-8-11-17(14)15(16)5-2/h4,6-12H,1,5H2,2-3H3/b10-6-. The highest BCUT2D eigenvalue weighted by atomic mass is 14.1. The summed E-state index contributed by atoms with van der Waals surface area (Å²) in [5, 5.41) is 2.70. The molecule has 2 aromatic rings. The molecule has 0 heteroatoms. The molecule has 86 valence electrons. The average Bonchev–Trinajstić information content (AvgIpc) is 2.35. The summed E-state index contributed by atoms with van der Waals surface area (Å²) in [5.41, 5.74) is 4.10. The Morgan fingerprint density at radius 2 is 2.00 bits per heavy atom. The predicted molar refractivity (Wildman–Crippen MR) is 77.3 cm³/mol. The van der Waals surface area contributed by atoms with Gasteiger partial charge in [-0.15, -0.1) is 0 Å². The molecule has 0 aliphatic carbocycles. The van der Waals surface area contributed by atoms with Crippen molar-refractivity contribution in [1.82, 2.24) is 0 Å². The lowest BCUT2D eigenvalue weighted by molar-refractivity contribution is 1.14. The summed E-state index contributed by atoms with van der Waals surface area (Å²) in [7, 11) is 0. The van der Waals surface area contributed by atoms with Crippen LogP contribution in [-0.2, 0) is 6.42 Å². The molecular weight excluding hydrogens is 204 g/mol. The number of benzene rings is 2. The van der Waals surface area contributed by atoms with Crippen LogP contribution in [0.2, 0.25) is 0 Å². The second-order valence-electron chi connectivity index (χ2n) is 4.26. The minimum Gasteiger partial charge on any atom is -0.0991 e. The molecule has 0 heterocycles. The van der Waals surface area contributed by atoms with E-state index in [0.717, 1.165) is 6.42 Å². The van der Waals surface area contributed by atoms with E-state index >= 15 is 0 Å². The van der Waals surface area contributed by atoms with E-state index in [-0.39, 0.29) is 0 Å². The van der Waals surface area contributed by atoms with Crippen molar-refractivity contribution in [3.05, 3.63) is 65.8 Å². The quantitative estimate of drug-likeness (QED) is 0.647. The van der Waals surface area contributed by atoms with Gasteiger partial charge in [0.15, 0.2) is 0 Å². The Hall–Kier alpha value is -1.82. The van der Waals surface area contributed by atoms with Crippen LogP contribution in [0.15, 0.2) is 49.1 Å². The molecule has 0 saturated carbocycles. The number of hydrogen-bond donors (Lipinski definition) is 0. The van der Waals surface area contributed by atoms with Gasteiger partial charge in [0.05, 0.1) is 0 Å². The maximum Gasteiger partial charge on any atom is -0.0146 e. The molecular formula is C17H18. The van der Waals surface area contributed by atoms with E-state index in [4.69, 9.17) is 0 Å². The van der Waals surface area contributed by atoms with Crippen LogP contribution in [0.5, 0.6) is 0 Å². The number of hydrogen-bond acceptors (Lipinski definition) is 0. The van der Waals surface area contributed by atoms with E-state index in [1.165, 1.54) is 27.5 Å². The van der Waals surface area contributed by atoms with Gasteiger partial charge in [-0.3, -0.25) is 0 Å². The summed E-state index contributed by atoms with van der Waals surface area (Å²) in [4.78, 5) is 0. The zero-order valence-corrected chi connectivity index (χ0v) is 10.5. The van der Waals surface area contributed by atoms with Gasteiger partial charge in [0, 0.05) is 0 Å². The summed E-state index contributed by atoms with van der Waals surface area (Å²) < 4.78 is 0. The van der Waals surface area contributed by atoms with E-state index in [2.05, 4.69) is 56.8 Å². The van der Waals surface area contributed by atoms with Crippen molar-refractivity contribution in [3.63, 3.8) is 0 Å². The van der Waals surface area contributed by atoms with Crippen LogP contribution >= 0.6 is 0 Å². The Balaban J connectivity index is 2.78. The number of allylic oxidation sites excluding steroid dienone is 2. The van der Waals surface area contributed by atoms with Crippen LogP contribution < -0.4 is 0 Å². The second kappa shape index (κ2) is 5.01. The number of rotatable bonds is 3. The molecule has 0 saturated heterocycles. The zero-order valence-electron chi connectivity index (χ0n) is 10.5. The van der Waals surface area contributed by atoms with Gasteiger partial charge in [-0.05, 0) is 40.8 Å². The lowest BCUT2D eigenvalue weighted by Crippen LogP contribution is -1.93. The molecule has 0 aliphatic heterocycles. The van der Waals surface area contributed by atoms with E-state index in [9.17, 15) is 0 Å². The van der Waals surface area contributed by atoms with Crippen LogP contribution in [-0.4, -0.2) is 0 Å². The first kappa shape index (κ1) is 11.7. The largest absolute Gasteiger partial charge is 0.0991 e. The third-order valence-electron chi connectivity index (χ3n) is 3.16. The van der Waals surface area contributed by atoms with E-state index in [1.54, 1.807) is 0 Å². The van der Waals surface area contributed by atoms with Crippen molar-refractivity contribution in [3.8, 4) is 0 Å².